The Hall–Kier alpha value is -2.49. The van der Waals surface area contributed by atoms with Gasteiger partial charge in [-0.05, 0) is 73.6 Å². The van der Waals surface area contributed by atoms with Crippen LogP contribution in [-0.4, -0.2) is 43.9 Å². The molecule has 28 heavy (non-hydrogen) atoms. The number of benzene rings is 2. The van der Waals surface area contributed by atoms with E-state index in [0.717, 1.165) is 12.8 Å². The minimum Gasteiger partial charge on any atom is -0.497 e. The summed E-state index contributed by atoms with van der Waals surface area (Å²) in [4.78, 5) is 12.5. The molecule has 0 aromatic heterocycles. The number of ether oxygens (including phenoxy) is 1. The van der Waals surface area contributed by atoms with E-state index in [1.165, 1.54) is 16.4 Å². The zero-order valence-corrected chi connectivity index (χ0v) is 17.0. The van der Waals surface area contributed by atoms with Gasteiger partial charge in [0.2, 0.25) is 10.0 Å². The molecule has 148 valence electrons. The third kappa shape index (κ3) is 4.67. The normalized spacial score (nSPS) is 14.5. The molecule has 1 amide bonds. The number of hydrogen-bond acceptors (Lipinski definition) is 5. The van der Waals surface area contributed by atoms with E-state index in [1.807, 2.05) is 0 Å². The average Bonchev–Trinajstić information content (AvgIpc) is 3.24. The maximum Gasteiger partial charge on any atom is 0.257 e. The van der Waals surface area contributed by atoms with Crippen molar-refractivity contribution in [3.63, 3.8) is 0 Å². The maximum absolute atomic E-state index is 12.5. The highest BCUT2D eigenvalue weighted by molar-refractivity contribution is 7.89. The Labute approximate surface area is 169 Å². The van der Waals surface area contributed by atoms with Crippen LogP contribution < -0.4 is 15.4 Å². The van der Waals surface area contributed by atoms with Crippen molar-refractivity contribution in [2.45, 2.75) is 17.7 Å². The van der Waals surface area contributed by atoms with Gasteiger partial charge in [0.1, 0.15) is 5.75 Å². The SMILES string of the molecule is COc1ccc(C(=O)NC(=S)Nc2ccc(S(=O)(=O)N3CCCC3)cc2)cc1. The summed E-state index contributed by atoms with van der Waals surface area (Å²) in [5, 5.41) is 5.59. The van der Waals surface area contributed by atoms with Gasteiger partial charge in [0.05, 0.1) is 12.0 Å². The van der Waals surface area contributed by atoms with Crippen LogP contribution in [-0.2, 0) is 10.0 Å². The van der Waals surface area contributed by atoms with Crippen LogP contribution in [0.4, 0.5) is 5.69 Å². The molecule has 2 N–H and O–H groups in total. The van der Waals surface area contributed by atoms with Gasteiger partial charge in [0.25, 0.3) is 5.91 Å². The van der Waals surface area contributed by atoms with Gasteiger partial charge < -0.3 is 10.1 Å². The summed E-state index contributed by atoms with van der Waals surface area (Å²) >= 11 is 5.16. The molecule has 0 saturated carbocycles. The van der Waals surface area contributed by atoms with Crippen molar-refractivity contribution in [2.24, 2.45) is 0 Å². The van der Waals surface area contributed by atoms with Crippen molar-refractivity contribution in [1.82, 2.24) is 9.62 Å². The second kappa shape index (κ2) is 8.68. The Bertz CT molecular complexity index is 952. The van der Waals surface area contributed by atoms with E-state index in [2.05, 4.69) is 10.6 Å². The highest BCUT2D eigenvalue weighted by Crippen LogP contribution is 2.22. The van der Waals surface area contributed by atoms with E-state index in [9.17, 15) is 13.2 Å². The van der Waals surface area contributed by atoms with E-state index in [1.54, 1.807) is 43.5 Å². The topological polar surface area (TPSA) is 87.7 Å². The maximum atomic E-state index is 12.5. The second-order valence-corrected chi connectivity index (χ2v) is 8.62. The number of nitrogens with zero attached hydrogens (tertiary/aromatic N) is 1. The van der Waals surface area contributed by atoms with E-state index >= 15 is 0 Å². The lowest BCUT2D eigenvalue weighted by atomic mass is 10.2. The number of hydrogen-bond donors (Lipinski definition) is 2. The second-order valence-electron chi connectivity index (χ2n) is 6.27. The minimum absolute atomic E-state index is 0.121. The number of carbonyl (C=O) groups is 1. The molecule has 2 aromatic rings. The first-order valence-corrected chi connectivity index (χ1v) is 10.6. The van der Waals surface area contributed by atoms with Gasteiger partial charge in [0, 0.05) is 24.3 Å². The third-order valence-corrected chi connectivity index (χ3v) is 6.51. The van der Waals surface area contributed by atoms with Crippen LogP contribution in [0.25, 0.3) is 0 Å². The molecule has 2 aromatic carbocycles. The molecule has 0 aliphatic carbocycles. The fraction of sp³-hybridized carbons (Fsp3) is 0.263. The fourth-order valence-corrected chi connectivity index (χ4v) is 4.60. The highest BCUT2D eigenvalue weighted by Gasteiger charge is 2.26. The third-order valence-electron chi connectivity index (χ3n) is 4.39. The molecule has 7 nitrogen and oxygen atoms in total. The molecule has 3 rings (SSSR count). The van der Waals surface area contributed by atoms with E-state index in [0.29, 0.717) is 30.1 Å². The van der Waals surface area contributed by atoms with Crippen LogP contribution in [0.2, 0.25) is 0 Å². The van der Waals surface area contributed by atoms with Crippen molar-refractivity contribution >= 4 is 38.9 Å². The van der Waals surface area contributed by atoms with Crippen LogP contribution in [0, 0.1) is 0 Å². The molecular weight excluding hydrogens is 398 g/mol. The van der Waals surface area contributed by atoms with Gasteiger partial charge in [-0.1, -0.05) is 0 Å². The van der Waals surface area contributed by atoms with Crippen molar-refractivity contribution in [3.8, 4) is 5.75 Å². The molecule has 0 spiro atoms. The van der Waals surface area contributed by atoms with Crippen LogP contribution in [0.3, 0.4) is 0 Å². The van der Waals surface area contributed by atoms with E-state index in [-0.39, 0.29) is 15.9 Å². The Kier molecular flexibility index (Phi) is 6.28. The number of carbonyl (C=O) groups excluding carboxylic acids is 1. The molecule has 0 unspecified atom stereocenters. The van der Waals surface area contributed by atoms with Gasteiger partial charge in [0.15, 0.2) is 5.11 Å². The van der Waals surface area contributed by atoms with Gasteiger partial charge in [-0.15, -0.1) is 0 Å². The van der Waals surface area contributed by atoms with Crippen molar-refractivity contribution < 1.29 is 17.9 Å². The van der Waals surface area contributed by atoms with Gasteiger partial charge in [-0.2, -0.15) is 4.31 Å². The predicted octanol–water partition coefficient (Wildman–Crippen LogP) is 2.61. The number of methoxy groups -OCH3 is 1. The van der Waals surface area contributed by atoms with Crippen LogP contribution in [0.1, 0.15) is 23.2 Å². The van der Waals surface area contributed by atoms with Gasteiger partial charge in [-0.3, -0.25) is 10.1 Å². The monoisotopic (exact) mass is 419 g/mol. The summed E-state index contributed by atoms with van der Waals surface area (Å²) in [5.74, 6) is 0.301. The number of amides is 1. The quantitative estimate of drug-likeness (QED) is 0.725. The Morgan fingerprint density at radius 1 is 1.04 bits per heavy atom. The molecule has 9 heteroatoms. The van der Waals surface area contributed by atoms with Crippen LogP contribution >= 0.6 is 12.2 Å². The molecule has 1 aliphatic rings. The average molecular weight is 420 g/mol. The largest absolute Gasteiger partial charge is 0.497 e. The molecule has 1 heterocycles. The Morgan fingerprint density at radius 2 is 1.64 bits per heavy atom. The van der Waals surface area contributed by atoms with Gasteiger partial charge in [-0.25, -0.2) is 8.42 Å². The van der Waals surface area contributed by atoms with Crippen molar-refractivity contribution in [2.75, 3.05) is 25.5 Å². The fourth-order valence-electron chi connectivity index (χ4n) is 2.87. The first kappa shape index (κ1) is 20.2. The molecule has 1 aliphatic heterocycles. The summed E-state index contributed by atoms with van der Waals surface area (Å²) in [6, 6.07) is 12.9. The van der Waals surface area contributed by atoms with Crippen LogP contribution in [0.5, 0.6) is 5.75 Å². The first-order chi connectivity index (χ1) is 13.4. The standard InChI is InChI=1S/C19H21N3O4S2/c1-26-16-8-4-14(5-9-16)18(23)21-19(27)20-15-6-10-17(11-7-15)28(24,25)22-12-2-3-13-22/h4-11H,2-3,12-13H2,1H3,(H2,20,21,23,27). The molecule has 0 atom stereocenters. The van der Waals surface area contributed by atoms with Crippen molar-refractivity contribution in [3.05, 3.63) is 54.1 Å². The van der Waals surface area contributed by atoms with Crippen LogP contribution in [0.15, 0.2) is 53.4 Å². The summed E-state index contributed by atoms with van der Waals surface area (Å²) in [5.41, 5.74) is 1.03. The Morgan fingerprint density at radius 3 is 2.21 bits per heavy atom. The summed E-state index contributed by atoms with van der Waals surface area (Å²) in [6.45, 7) is 1.12. The zero-order valence-electron chi connectivity index (χ0n) is 15.3. The summed E-state index contributed by atoms with van der Waals surface area (Å²) in [7, 11) is -1.90. The smallest absolute Gasteiger partial charge is 0.257 e. The lowest BCUT2D eigenvalue weighted by Gasteiger charge is -2.16. The lowest BCUT2D eigenvalue weighted by Crippen LogP contribution is -2.34. The lowest BCUT2D eigenvalue weighted by molar-refractivity contribution is 0.0977. The molecule has 0 bridgehead atoms. The summed E-state index contributed by atoms with van der Waals surface area (Å²) < 4.78 is 31.6. The minimum atomic E-state index is -3.45. The number of rotatable bonds is 5. The molecular formula is C19H21N3O4S2. The Balaban J connectivity index is 1.60. The van der Waals surface area contributed by atoms with Crippen molar-refractivity contribution in [1.29, 1.82) is 0 Å². The molecule has 1 fully saturated rings. The highest BCUT2D eigenvalue weighted by atomic mass is 32.2. The number of sulfonamides is 1. The number of anilines is 1. The van der Waals surface area contributed by atoms with E-state index in [4.69, 9.17) is 17.0 Å². The number of nitrogens with one attached hydrogen (secondary N) is 2. The predicted molar refractivity (Wildman–Crippen MR) is 111 cm³/mol. The van der Waals surface area contributed by atoms with E-state index < -0.39 is 10.0 Å². The first-order valence-electron chi connectivity index (χ1n) is 8.77. The van der Waals surface area contributed by atoms with Gasteiger partial charge >= 0.3 is 0 Å². The summed E-state index contributed by atoms with van der Waals surface area (Å²) in [6.07, 6.45) is 1.78. The molecule has 1 saturated heterocycles. The molecule has 0 radical (unpaired) electrons. The number of thiocarbonyl (C=S) groups is 1. The zero-order chi connectivity index (χ0) is 20.1.